The molecule has 16 heteroatoms. The highest BCUT2D eigenvalue weighted by Gasteiger charge is 2.59. The SMILES string of the molecule is CC(NC(C)(O)N([C@H]1CCCC[C@@H]1NS(=O)(=O)C(F)(F)F)S(=O)(=O)C(F)(F)F)c1ccccc1. The number of hydrogen-bond donors (Lipinski definition) is 3. The monoisotopic (exact) mass is 541 g/mol. The number of nitrogens with zero attached hydrogens (tertiary/aromatic N) is 1. The summed E-state index contributed by atoms with van der Waals surface area (Å²) in [6, 6.07) is 3.19. The van der Waals surface area contributed by atoms with Crippen LogP contribution >= 0.6 is 0 Å². The van der Waals surface area contributed by atoms with Crippen molar-refractivity contribution in [3.8, 4) is 0 Å². The normalized spacial score (nSPS) is 23.5. The Balaban J connectivity index is 2.54. The largest absolute Gasteiger partial charge is 0.511 e. The molecule has 0 aromatic heterocycles. The number of hydrogen-bond acceptors (Lipinski definition) is 6. The molecule has 1 saturated carbocycles. The van der Waals surface area contributed by atoms with Crippen LogP contribution in [0.3, 0.4) is 0 Å². The van der Waals surface area contributed by atoms with Gasteiger partial charge >= 0.3 is 31.1 Å². The summed E-state index contributed by atoms with van der Waals surface area (Å²) in [7, 11) is -12.4. The van der Waals surface area contributed by atoms with Crippen LogP contribution in [-0.4, -0.2) is 55.2 Å². The molecule has 8 nitrogen and oxygen atoms in total. The number of benzene rings is 1. The number of halogens is 6. The number of alkyl halides is 6. The molecule has 4 atom stereocenters. The van der Waals surface area contributed by atoms with Crippen LogP contribution in [0.15, 0.2) is 30.3 Å². The van der Waals surface area contributed by atoms with Crippen LogP contribution in [0, 0.1) is 0 Å². The van der Waals surface area contributed by atoms with Crippen molar-refractivity contribution in [3.05, 3.63) is 35.9 Å². The van der Waals surface area contributed by atoms with E-state index < -0.39 is 61.5 Å². The van der Waals surface area contributed by atoms with Gasteiger partial charge in [-0.15, -0.1) is 4.31 Å². The van der Waals surface area contributed by atoms with E-state index in [-0.39, 0.29) is 23.6 Å². The predicted molar refractivity (Wildman–Crippen MR) is 110 cm³/mol. The summed E-state index contributed by atoms with van der Waals surface area (Å²) in [6.07, 6.45) is -0.605. The van der Waals surface area contributed by atoms with Gasteiger partial charge in [-0.1, -0.05) is 43.2 Å². The van der Waals surface area contributed by atoms with E-state index in [1.165, 1.54) is 11.6 Å². The highest BCUT2D eigenvalue weighted by molar-refractivity contribution is 7.90. The third-order valence-corrected chi connectivity index (χ3v) is 8.36. The lowest BCUT2D eigenvalue weighted by molar-refractivity contribution is -0.121. The van der Waals surface area contributed by atoms with Crippen molar-refractivity contribution in [2.45, 2.75) is 74.5 Å². The predicted octanol–water partition coefficient (Wildman–Crippen LogP) is 2.91. The van der Waals surface area contributed by atoms with Crippen molar-refractivity contribution in [1.29, 1.82) is 0 Å². The van der Waals surface area contributed by atoms with Gasteiger partial charge in [0, 0.05) is 18.1 Å². The number of rotatable bonds is 8. The summed E-state index contributed by atoms with van der Waals surface area (Å²) in [6.45, 7) is 2.13. The second kappa shape index (κ2) is 9.89. The maximum Gasteiger partial charge on any atom is 0.511 e. The molecule has 1 aliphatic rings. The van der Waals surface area contributed by atoms with Gasteiger partial charge in [0.25, 0.3) is 0 Å². The van der Waals surface area contributed by atoms with Gasteiger partial charge in [-0.05, 0) is 32.3 Å². The van der Waals surface area contributed by atoms with Crippen molar-refractivity contribution < 1.29 is 48.3 Å². The minimum Gasteiger partial charge on any atom is -0.362 e. The topological polar surface area (TPSA) is 116 Å². The molecule has 0 radical (unpaired) electrons. The third-order valence-electron chi connectivity index (χ3n) is 5.41. The van der Waals surface area contributed by atoms with E-state index in [2.05, 4.69) is 5.32 Å². The standard InChI is InChI=1S/C18H25F6N3O5S2/c1-12(13-8-4-3-5-9-13)25-16(2,28)27(34(31,32)18(22,23)24)15-11-7-6-10-14(15)26-33(29,30)17(19,20)21/h3-5,8-9,12,14-15,25-26,28H,6-7,10-11H2,1-2H3/t12?,14-,15-,16?/m0/s1. The molecule has 34 heavy (non-hydrogen) atoms. The zero-order chi connectivity index (χ0) is 26.2. The molecule has 1 fully saturated rings. The molecule has 196 valence electrons. The lowest BCUT2D eigenvalue weighted by Crippen LogP contribution is -2.69. The molecule has 1 aromatic carbocycles. The van der Waals surface area contributed by atoms with Crippen LogP contribution in [0.2, 0.25) is 0 Å². The first-order chi connectivity index (χ1) is 15.3. The molecule has 0 amide bonds. The number of sulfonamides is 2. The van der Waals surface area contributed by atoms with Gasteiger partial charge in [-0.25, -0.2) is 21.6 Å². The van der Waals surface area contributed by atoms with E-state index >= 15 is 0 Å². The Labute approximate surface area is 193 Å². The first-order valence-electron chi connectivity index (χ1n) is 10.1. The molecule has 3 N–H and O–H groups in total. The summed E-state index contributed by atoms with van der Waals surface area (Å²) in [4.78, 5) is 0. The van der Waals surface area contributed by atoms with Crippen molar-refractivity contribution in [2.75, 3.05) is 0 Å². The van der Waals surface area contributed by atoms with Gasteiger partial charge in [-0.2, -0.15) is 26.3 Å². The Morgan fingerprint density at radius 1 is 0.971 bits per heavy atom. The highest BCUT2D eigenvalue weighted by atomic mass is 32.2. The van der Waals surface area contributed by atoms with Gasteiger partial charge in [0.05, 0.1) is 0 Å². The van der Waals surface area contributed by atoms with Gasteiger partial charge in [0.15, 0.2) is 5.85 Å². The fourth-order valence-corrected chi connectivity index (χ4v) is 6.10. The maximum atomic E-state index is 13.6. The molecule has 2 unspecified atom stereocenters. The number of nitrogens with one attached hydrogen (secondary N) is 2. The summed E-state index contributed by atoms with van der Waals surface area (Å²) in [5.74, 6) is -2.96. The molecule has 0 saturated heterocycles. The van der Waals surface area contributed by atoms with E-state index in [4.69, 9.17) is 0 Å². The molecule has 1 aromatic rings. The second-order valence-electron chi connectivity index (χ2n) is 8.07. The first-order valence-corrected chi connectivity index (χ1v) is 13.0. The zero-order valence-corrected chi connectivity index (χ0v) is 19.7. The van der Waals surface area contributed by atoms with E-state index in [0.717, 1.165) is 0 Å². The van der Waals surface area contributed by atoms with Crippen molar-refractivity contribution in [2.24, 2.45) is 0 Å². The minimum absolute atomic E-state index is 0.0864. The Morgan fingerprint density at radius 3 is 2.00 bits per heavy atom. The zero-order valence-electron chi connectivity index (χ0n) is 18.1. The molecular formula is C18H25F6N3O5S2. The average molecular weight is 542 g/mol. The van der Waals surface area contributed by atoms with Crippen molar-refractivity contribution >= 4 is 20.0 Å². The maximum absolute atomic E-state index is 13.6. The summed E-state index contributed by atoms with van der Waals surface area (Å²) in [5.41, 5.74) is -11.2. The van der Waals surface area contributed by atoms with Gasteiger partial charge in [-0.3, -0.25) is 5.32 Å². The molecule has 0 aliphatic heterocycles. The van der Waals surface area contributed by atoms with E-state index in [1.54, 1.807) is 30.3 Å². The Morgan fingerprint density at radius 2 is 1.50 bits per heavy atom. The Bertz CT molecular complexity index is 1050. The smallest absolute Gasteiger partial charge is 0.362 e. The van der Waals surface area contributed by atoms with Crippen LogP contribution in [0.5, 0.6) is 0 Å². The summed E-state index contributed by atoms with van der Waals surface area (Å²) in [5, 5.41) is 13.3. The fraction of sp³-hybridized carbons (Fsp3) is 0.667. The van der Waals surface area contributed by atoms with Crippen LogP contribution in [0.4, 0.5) is 26.3 Å². The van der Waals surface area contributed by atoms with Crippen molar-refractivity contribution in [3.63, 3.8) is 0 Å². The lowest BCUT2D eigenvalue weighted by Gasteiger charge is -2.46. The van der Waals surface area contributed by atoms with Gasteiger partial charge < -0.3 is 5.11 Å². The van der Waals surface area contributed by atoms with Crippen LogP contribution < -0.4 is 10.0 Å². The van der Waals surface area contributed by atoms with Crippen LogP contribution in [0.1, 0.15) is 51.1 Å². The molecular weight excluding hydrogens is 516 g/mol. The molecule has 0 bridgehead atoms. The summed E-state index contributed by atoms with van der Waals surface area (Å²) < 4.78 is 129. The van der Waals surface area contributed by atoms with Crippen molar-refractivity contribution in [1.82, 2.24) is 14.3 Å². The van der Waals surface area contributed by atoms with Crippen LogP contribution in [-0.2, 0) is 20.0 Å². The molecule has 1 aliphatic carbocycles. The third kappa shape index (κ3) is 6.20. The lowest BCUT2D eigenvalue weighted by atomic mass is 9.90. The minimum atomic E-state index is -6.34. The summed E-state index contributed by atoms with van der Waals surface area (Å²) >= 11 is 0. The molecule has 2 rings (SSSR count). The van der Waals surface area contributed by atoms with E-state index in [1.807, 2.05) is 0 Å². The van der Waals surface area contributed by atoms with E-state index in [9.17, 15) is 48.3 Å². The first kappa shape index (κ1) is 28.8. The highest BCUT2D eigenvalue weighted by Crippen LogP contribution is 2.38. The van der Waals surface area contributed by atoms with E-state index in [0.29, 0.717) is 12.5 Å². The fourth-order valence-electron chi connectivity index (χ4n) is 3.94. The van der Waals surface area contributed by atoms with Gasteiger partial charge in [0.2, 0.25) is 0 Å². The van der Waals surface area contributed by atoms with Crippen LogP contribution in [0.25, 0.3) is 0 Å². The quantitative estimate of drug-likeness (QED) is 0.344. The second-order valence-corrected chi connectivity index (χ2v) is 11.6. The Kier molecular flexibility index (Phi) is 8.37. The molecule has 0 spiro atoms. The Hall–Kier alpha value is -1.46. The van der Waals surface area contributed by atoms with Gasteiger partial charge in [0.1, 0.15) is 0 Å². The average Bonchev–Trinajstić information content (AvgIpc) is 2.67. The molecule has 0 heterocycles. The number of aliphatic hydroxyl groups is 1.